The van der Waals surface area contributed by atoms with E-state index in [0.717, 1.165) is 13.0 Å². The van der Waals surface area contributed by atoms with Crippen molar-refractivity contribution in [1.29, 1.82) is 0 Å². The molecule has 3 atom stereocenters. The highest BCUT2D eigenvalue weighted by atomic mass is 79.9. The van der Waals surface area contributed by atoms with E-state index in [9.17, 15) is 14.7 Å². The molecule has 1 amide bonds. The summed E-state index contributed by atoms with van der Waals surface area (Å²) in [6.45, 7) is 0.884. The van der Waals surface area contributed by atoms with Crippen molar-refractivity contribution in [2.45, 2.75) is 25.3 Å². The number of hydrogen-bond donors (Lipinski definition) is 3. The predicted octanol–water partition coefficient (Wildman–Crippen LogP) is 2.47. The van der Waals surface area contributed by atoms with Crippen LogP contribution < -0.4 is 10.6 Å². The number of halogens is 1. The number of rotatable bonds is 3. The summed E-state index contributed by atoms with van der Waals surface area (Å²) in [6.07, 6.45) is 3.43. The third-order valence-electron chi connectivity index (χ3n) is 4.50. The summed E-state index contributed by atoms with van der Waals surface area (Å²) >= 11 is 3.25. The second kappa shape index (κ2) is 5.77. The van der Waals surface area contributed by atoms with Gasteiger partial charge in [0.2, 0.25) is 5.91 Å². The van der Waals surface area contributed by atoms with Crippen LogP contribution in [0.5, 0.6) is 0 Å². The number of carboxylic acids is 1. The molecule has 1 saturated heterocycles. The molecule has 0 spiro atoms. The minimum absolute atomic E-state index is 0.0960. The largest absolute Gasteiger partial charge is 0.478 e. The van der Waals surface area contributed by atoms with E-state index in [-0.39, 0.29) is 17.5 Å². The zero-order valence-electron chi connectivity index (χ0n) is 11.4. The van der Waals surface area contributed by atoms with Gasteiger partial charge >= 0.3 is 5.97 Å². The topological polar surface area (TPSA) is 78.4 Å². The summed E-state index contributed by atoms with van der Waals surface area (Å²) in [5.74, 6) is -0.211. The van der Waals surface area contributed by atoms with Crippen molar-refractivity contribution in [1.82, 2.24) is 5.32 Å². The maximum absolute atomic E-state index is 12.4. The zero-order valence-corrected chi connectivity index (χ0v) is 13.0. The lowest BCUT2D eigenvalue weighted by atomic mass is 9.93. The number of nitrogens with one attached hydrogen (secondary N) is 2. The predicted molar refractivity (Wildman–Crippen MR) is 82.4 cm³/mol. The molecule has 21 heavy (non-hydrogen) atoms. The lowest BCUT2D eigenvalue weighted by Crippen LogP contribution is -2.40. The lowest BCUT2D eigenvalue weighted by molar-refractivity contribution is -0.118. The Morgan fingerprint density at radius 2 is 2.14 bits per heavy atom. The summed E-state index contributed by atoms with van der Waals surface area (Å²) < 4.78 is 0.674. The molecular formula is C15H17BrN2O3. The summed E-state index contributed by atoms with van der Waals surface area (Å²) in [5, 5.41) is 15.3. The van der Waals surface area contributed by atoms with E-state index in [2.05, 4.69) is 26.6 Å². The normalized spacial score (nSPS) is 27.4. The molecule has 0 radical (unpaired) electrons. The van der Waals surface area contributed by atoms with Crippen LogP contribution in [-0.2, 0) is 4.79 Å². The van der Waals surface area contributed by atoms with Gasteiger partial charge in [-0.1, -0.05) is 22.4 Å². The zero-order chi connectivity index (χ0) is 15.0. The van der Waals surface area contributed by atoms with Crippen molar-refractivity contribution >= 4 is 33.5 Å². The number of anilines is 1. The first-order chi connectivity index (χ1) is 10.1. The second-order valence-corrected chi connectivity index (χ2v) is 6.64. The van der Waals surface area contributed by atoms with E-state index in [1.54, 1.807) is 12.1 Å². The second-order valence-electron chi connectivity index (χ2n) is 5.73. The minimum atomic E-state index is -1.05. The summed E-state index contributed by atoms with van der Waals surface area (Å²) in [4.78, 5) is 23.7. The average molecular weight is 353 g/mol. The molecule has 1 heterocycles. The van der Waals surface area contributed by atoms with Gasteiger partial charge in [-0.05, 0) is 49.4 Å². The van der Waals surface area contributed by atoms with Crippen LogP contribution in [0.1, 0.15) is 29.6 Å². The summed E-state index contributed by atoms with van der Waals surface area (Å²) in [5.41, 5.74) is 0.442. The fraction of sp³-hybridized carbons (Fsp3) is 0.467. The number of carbonyl (C=O) groups excluding carboxylic acids is 1. The van der Waals surface area contributed by atoms with E-state index in [0.29, 0.717) is 22.0 Å². The third-order valence-corrected chi connectivity index (χ3v) is 4.99. The molecule has 3 N–H and O–H groups in total. The van der Waals surface area contributed by atoms with Crippen LogP contribution >= 0.6 is 15.9 Å². The highest BCUT2D eigenvalue weighted by Gasteiger charge is 2.42. The smallest absolute Gasteiger partial charge is 0.337 e. The van der Waals surface area contributed by atoms with Crippen molar-refractivity contribution in [3.63, 3.8) is 0 Å². The van der Waals surface area contributed by atoms with Crippen molar-refractivity contribution < 1.29 is 14.7 Å². The van der Waals surface area contributed by atoms with E-state index in [1.807, 2.05) is 0 Å². The van der Waals surface area contributed by atoms with Gasteiger partial charge in [0.15, 0.2) is 0 Å². The Morgan fingerprint density at radius 3 is 2.90 bits per heavy atom. The van der Waals surface area contributed by atoms with Crippen LogP contribution in [0.25, 0.3) is 0 Å². The van der Waals surface area contributed by atoms with Gasteiger partial charge in [0.05, 0.1) is 17.3 Å². The van der Waals surface area contributed by atoms with Crippen LogP contribution in [0.3, 0.4) is 0 Å². The molecule has 0 bridgehead atoms. The van der Waals surface area contributed by atoms with Gasteiger partial charge in [0.25, 0.3) is 0 Å². The number of carbonyl (C=O) groups is 2. The molecule has 1 saturated carbocycles. The minimum Gasteiger partial charge on any atom is -0.478 e. The lowest BCUT2D eigenvalue weighted by Gasteiger charge is -2.18. The molecule has 6 heteroatoms. The average Bonchev–Trinajstić information content (AvgIpc) is 3.02. The Bertz CT molecular complexity index is 590. The number of fused-ring (bicyclic) bond motifs is 1. The van der Waals surface area contributed by atoms with Gasteiger partial charge < -0.3 is 15.7 Å². The molecule has 112 valence electrons. The van der Waals surface area contributed by atoms with E-state index in [4.69, 9.17) is 0 Å². The highest BCUT2D eigenvalue weighted by Crippen LogP contribution is 2.38. The third kappa shape index (κ3) is 2.82. The first-order valence-electron chi connectivity index (χ1n) is 7.13. The summed E-state index contributed by atoms with van der Waals surface area (Å²) in [7, 11) is 0. The molecule has 1 aliphatic carbocycles. The molecule has 1 aromatic rings. The monoisotopic (exact) mass is 352 g/mol. The van der Waals surface area contributed by atoms with Crippen LogP contribution in [0.15, 0.2) is 22.7 Å². The molecule has 3 unspecified atom stereocenters. The SMILES string of the molecule is O=C(O)c1cc(Br)ccc1NC(=O)C1NCC2CCCC21. The molecule has 2 aliphatic rings. The number of aromatic carboxylic acids is 1. The van der Waals surface area contributed by atoms with Crippen LogP contribution in [-0.4, -0.2) is 29.6 Å². The van der Waals surface area contributed by atoms with E-state index >= 15 is 0 Å². The summed E-state index contributed by atoms with van der Waals surface area (Å²) in [6, 6.07) is 4.63. The van der Waals surface area contributed by atoms with E-state index < -0.39 is 5.97 Å². The molecule has 1 aliphatic heterocycles. The number of benzene rings is 1. The Balaban J connectivity index is 1.77. The first-order valence-corrected chi connectivity index (χ1v) is 7.92. The van der Waals surface area contributed by atoms with Gasteiger partial charge in [0.1, 0.15) is 0 Å². The fourth-order valence-electron chi connectivity index (χ4n) is 3.49. The van der Waals surface area contributed by atoms with Crippen molar-refractivity contribution in [2.24, 2.45) is 11.8 Å². The Labute approximate surface area is 131 Å². The van der Waals surface area contributed by atoms with E-state index in [1.165, 1.54) is 18.9 Å². The molecule has 1 aromatic carbocycles. The molecule has 5 nitrogen and oxygen atoms in total. The Hall–Kier alpha value is -1.40. The van der Waals surface area contributed by atoms with Crippen LogP contribution in [0, 0.1) is 11.8 Å². The first kappa shape index (κ1) is 14.5. The number of amides is 1. The number of carboxylic acid groups (broad SMARTS) is 1. The van der Waals surface area contributed by atoms with Crippen molar-refractivity contribution in [3.05, 3.63) is 28.2 Å². The quantitative estimate of drug-likeness (QED) is 0.780. The standard InChI is InChI=1S/C15H17BrN2O3/c16-9-4-5-12(11(6-9)15(20)21)18-14(19)13-10-3-1-2-8(10)7-17-13/h4-6,8,10,13,17H,1-3,7H2,(H,18,19)(H,20,21). The van der Waals surface area contributed by atoms with Crippen molar-refractivity contribution in [2.75, 3.05) is 11.9 Å². The number of hydrogen-bond acceptors (Lipinski definition) is 3. The van der Waals surface area contributed by atoms with Gasteiger partial charge in [-0.15, -0.1) is 0 Å². The molecular weight excluding hydrogens is 336 g/mol. The van der Waals surface area contributed by atoms with Gasteiger partial charge in [0, 0.05) is 4.47 Å². The van der Waals surface area contributed by atoms with Gasteiger partial charge in [-0.2, -0.15) is 0 Å². The Kier molecular flexibility index (Phi) is 3.99. The fourth-order valence-corrected chi connectivity index (χ4v) is 3.85. The van der Waals surface area contributed by atoms with Crippen LogP contribution in [0.2, 0.25) is 0 Å². The molecule has 0 aromatic heterocycles. The van der Waals surface area contributed by atoms with Gasteiger partial charge in [-0.25, -0.2) is 4.79 Å². The highest BCUT2D eigenvalue weighted by molar-refractivity contribution is 9.10. The van der Waals surface area contributed by atoms with Gasteiger partial charge in [-0.3, -0.25) is 4.79 Å². The Morgan fingerprint density at radius 1 is 1.33 bits per heavy atom. The van der Waals surface area contributed by atoms with Crippen LogP contribution in [0.4, 0.5) is 5.69 Å². The maximum Gasteiger partial charge on any atom is 0.337 e. The maximum atomic E-state index is 12.4. The molecule has 2 fully saturated rings. The molecule has 3 rings (SSSR count). The van der Waals surface area contributed by atoms with Crippen molar-refractivity contribution in [3.8, 4) is 0 Å².